The number of rotatable bonds is 5. The molecule has 1 unspecified atom stereocenters. The van der Waals surface area contributed by atoms with Crippen molar-refractivity contribution in [3.8, 4) is 0 Å². The Labute approximate surface area is 104 Å². The van der Waals surface area contributed by atoms with Crippen LogP contribution in [0.3, 0.4) is 0 Å². The number of allylic oxidation sites excluding steroid dienone is 3. The maximum atomic E-state index is 3.93. The largest absolute Gasteiger partial charge is 0.306 e. The maximum absolute atomic E-state index is 3.93. The molecule has 1 aliphatic carbocycles. The van der Waals surface area contributed by atoms with E-state index < -0.39 is 0 Å². The van der Waals surface area contributed by atoms with Crippen molar-refractivity contribution in [3.05, 3.63) is 72.9 Å². The summed E-state index contributed by atoms with van der Waals surface area (Å²) in [6.07, 6.45) is 11.8. The van der Waals surface area contributed by atoms with Crippen molar-refractivity contribution >= 4 is 0 Å². The molecule has 0 saturated carbocycles. The average Bonchev–Trinajstić information content (AvgIpc) is 2.42. The van der Waals surface area contributed by atoms with Crippen LogP contribution in [0.4, 0.5) is 0 Å². The number of hydrogen-bond donors (Lipinski definition) is 1. The summed E-state index contributed by atoms with van der Waals surface area (Å²) < 4.78 is 0. The molecule has 0 aromatic heterocycles. The molecule has 0 saturated heterocycles. The fraction of sp³-hybridized carbons (Fsp3) is 0.250. The third kappa shape index (κ3) is 3.43. The van der Waals surface area contributed by atoms with E-state index in [0.717, 1.165) is 13.0 Å². The Morgan fingerprint density at radius 2 is 2.12 bits per heavy atom. The van der Waals surface area contributed by atoms with Crippen molar-refractivity contribution in [2.45, 2.75) is 19.0 Å². The van der Waals surface area contributed by atoms with Crippen LogP contribution in [0, 0.1) is 5.92 Å². The van der Waals surface area contributed by atoms with Crippen LogP contribution in [0.25, 0.3) is 0 Å². The highest BCUT2D eigenvalue weighted by Gasteiger charge is 2.15. The standard InChI is InChI=1S/C16H19N/c1-2-16(15-11-7-4-8-12-15)17-13-14-9-5-3-6-10-14/h2-11,15-17H,1,12-13H2/t15?,16-/m0/s1. The molecule has 1 aliphatic rings. The van der Waals surface area contributed by atoms with Crippen molar-refractivity contribution in [2.75, 3.05) is 0 Å². The highest BCUT2D eigenvalue weighted by molar-refractivity contribution is 5.17. The second kappa shape index (κ2) is 6.21. The lowest BCUT2D eigenvalue weighted by atomic mass is 9.92. The zero-order valence-electron chi connectivity index (χ0n) is 10.0. The van der Waals surface area contributed by atoms with E-state index in [-0.39, 0.29) is 0 Å². The molecule has 0 heterocycles. The molecule has 88 valence electrons. The Hall–Kier alpha value is -1.60. The predicted octanol–water partition coefficient (Wildman–Crippen LogP) is 3.46. The highest BCUT2D eigenvalue weighted by Crippen LogP contribution is 2.17. The van der Waals surface area contributed by atoms with Gasteiger partial charge in [0.05, 0.1) is 0 Å². The molecule has 1 nitrogen and oxygen atoms in total. The zero-order valence-corrected chi connectivity index (χ0v) is 10.0. The number of hydrogen-bond acceptors (Lipinski definition) is 1. The van der Waals surface area contributed by atoms with E-state index >= 15 is 0 Å². The van der Waals surface area contributed by atoms with Gasteiger partial charge in [-0.25, -0.2) is 0 Å². The van der Waals surface area contributed by atoms with Crippen LogP contribution < -0.4 is 5.32 Å². The lowest BCUT2D eigenvalue weighted by Crippen LogP contribution is -2.33. The minimum Gasteiger partial charge on any atom is -0.306 e. The van der Waals surface area contributed by atoms with Crippen molar-refractivity contribution in [3.63, 3.8) is 0 Å². The van der Waals surface area contributed by atoms with E-state index in [9.17, 15) is 0 Å². The smallest absolute Gasteiger partial charge is 0.0316 e. The van der Waals surface area contributed by atoms with Gasteiger partial charge in [-0.2, -0.15) is 0 Å². The molecule has 1 aromatic carbocycles. The van der Waals surface area contributed by atoms with Crippen LogP contribution in [0.5, 0.6) is 0 Å². The number of nitrogens with one attached hydrogen (secondary N) is 1. The van der Waals surface area contributed by atoms with Crippen LogP contribution in [-0.2, 0) is 6.54 Å². The van der Waals surface area contributed by atoms with Gasteiger partial charge in [0, 0.05) is 12.6 Å². The molecule has 2 rings (SSSR count). The summed E-state index contributed by atoms with van der Waals surface area (Å²) in [6.45, 7) is 4.82. The lowest BCUT2D eigenvalue weighted by Gasteiger charge is -2.23. The van der Waals surface area contributed by atoms with Crippen molar-refractivity contribution in [1.82, 2.24) is 5.32 Å². The predicted molar refractivity (Wildman–Crippen MR) is 73.7 cm³/mol. The van der Waals surface area contributed by atoms with Crippen LogP contribution in [0.2, 0.25) is 0 Å². The van der Waals surface area contributed by atoms with Gasteiger partial charge in [0.2, 0.25) is 0 Å². The van der Waals surface area contributed by atoms with Gasteiger partial charge < -0.3 is 5.32 Å². The molecule has 0 aliphatic heterocycles. The van der Waals surface area contributed by atoms with Crippen LogP contribution in [0.15, 0.2) is 67.3 Å². The fourth-order valence-corrected chi connectivity index (χ4v) is 2.11. The molecule has 0 amide bonds. The van der Waals surface area contributed by atoms with E-state index in [0.29, 0.717) is 12.0 Å². The SMILES string of the molecule is C=C[C@H](NCc1ccccc1)C1C=CC=CC1. The molecule has 0 radical (unpaired) electrons. The van der Waals surface area contributed by atoms with Gasteiger partial charge in [0.25, 0.3) is 0 Å². The second-order valence-corrected chi connectivity index (χ2v) is 4.34. The van der Waals surface area contributed by atoms with E-state index in [1.165, 1.54) is 5.56 Å². The first-order chi connectivity index (χ1) is 8.40. The Balaban J connectivity index is 1.90. The summed E-state index contributed by atoms with van der Waals surface area (Å²) in [6, 6.07) is 10.8. The minimum absolute atomic E-state index is 0.344. The lowest BCUT2D eigenvalue weighted by molar-refractivity contribution is 0.472. The van der Waals surface area contributed by atoms with Gasteiger partial charge in [-0.1, -0.05) is 60.7 Å². The van der Waals surface area contributed by atoms with Gasteiger partial charge in [-0.3, -0.25) is 0 Å². The molecule has 1 N–H and O–H groups in total. The highest BCUT2D eigenvalue weighted by atomic mass is 14.9. The topological polar surface area (TPSA) is 12.0 Å². The van der Waals surface area contributed by atoms with E-state index in [4.69, 9.17) is 0 Å². The summed E-state index contributed by atoms with van der Waals surface area (Å²) in [7, 11) is 0. The minimum atomic E-state index is 0.344. The van der Waals surface area contributed by atoms with Gasteiger partial charge in [-0.15, -0.1) is 6.58 Å². The molecule has 0 bridgehead atoms. The normalized spacial score (nSPS) is 20.1. The van der Waals surface area contributed by atoms with Crippen LogP contribution >= 0.6 is 0 Å². The van der Waals surface area contributed by atoms with E-state index in [1.807, 2.05) is 12.1 Å². The summed E-state index contributed by atoms with van der Waals surface area (Å²) in [5.41, 5.74) is 1.31. The summed E-state index contributed by atoms with van der Waals surface area (Å²) in [5.74, 6) is 0.529. The fourth-order valence-electron chi connectivity index (χ4n) is 2.11. The van der Waals surface area contributed by atoms with Gasteiger partial charge in [-0.05, 0) is 17.9 Å². The Morgan fingerprint density at radius 3 is 2.76 bits per heavy atom. The molecular weight excluding hydrogens is 206 g/mol. The molecule has 0 fully saturated rings. The number of benzene rings is 1. The van der Waals surface area contributed by atoms with E-state index in [1.54, 1.807) is 0 Å². The molecule has 2 atom stereocenters. The average molecular weight is 225 g/mol. The van der Waals surface area contributed by atoms with Crippen molar-refractivity contribution in [1.29, 1.82) is 0 Å². The second-order valence-electron chi connectivity index (χ2n) is 4.34. The summed E-state index contributed by atoms with van der Waals surface area (Å²) >= 11 is 0. The Kier molecular flexibility index (Phi) is 4.34. The van der Waals surface area contributed by atoms with Crippen molar-refractivity contribution < 1.29 is 0 Å². The maximum Gasteiger partial charge on any atom is 0.0316 e. The molecule has 1 aromatic rings. The molecule has 1 heteroatoms. The van der Waals surface area contributed by atoms with Crippen LogP contribution in [-0.4, -0.2) is 6.04 Å². The molecule has 17 heavy (non-hydrogen) atoms. The van der Waals surface area contributed by atoms with E-state index in [2.05, 4.69) is 60.5 Å². The Bertz CT molecular complexity index is 403. The Morgan fingerprint density at radius 1 is 1.29 bits per heavy atom. The zero-order chi connectivity index (χ0) is 11.9. The quantitative estimate of drug-likeness (QED) is 0.757. The van der Waals surface area contributed by atoms with Gasteiger partial charge in [0.1, 0.15) is 0 Å². The van der Waals surface area contributed by atoms with Crippen LogP contribution in [0.1, 0.15) is 12.0 Å². The monoisotopic (exact) mass is 225 g/mol. The van der Waals surface area contributed by atoms with Crippen molar-refractivity contribution in [2.24, 2.45) is 5.92 Å². The first-order valence-corrected chi connectivity index (χ1v) is 6.13. The third-order valence-corrected chi connectivity index (χ3v) is 3.11. The molecule has 0 spiro atoms. The summed E-state index contributed by atoms with van der Waals surface area (Å²) in [5, 5.41) is 3.55. The van der Waals surface area contributed by atoms with Gasteiger partial charge in [0.15, 0.2) is 0 Å². The molecular formula is C16H19N. The first-order valence-electron chi connectivity index (χ1n) is 6.13. The van der Waals surface area contributed by atoms with Gasteiger partial charge >= 0.3 is 0 Å². The first kappa shape index (κ1) is 11.9. The third-order valence-electron chi connectivity index (χ3n) is 3.11. The summed E-state index contributed by atoms with van der Waals surface area (Å²) in [4.78, 5) is 0.